The van der Waals surface area contributed by atoms with E-state index in [9.17, 15) is 13.8 Å². The van der Waals surface area contributed by atoms with Crippen molar-refractivity contribution in [1.29, 1.82) is 0 Å². The Balaban J connectivity index is 2.22. The van der Waals surface area contributed by atoms with Crippen LogP contribution in [0.3, 0.4) is 0 Å². The van der Waals surface area contributed by atoms with Crippen molar-refractivity contribution in [1.82, 2.24) is 19.1 Å². The van der Waals surface area contributed by atoms with Crippen LogP contribution in [0.5, 0.6) is 0 Å². The number of nitrogens with zero attached hydrogens (tertiary/aromatic N) is 3. The molecular weight excluding hydrogens is 340 g/mol. The smallest absolute Gasteiger partial charge is 0.332 e. The number of imidazole rings is 1. The zero-order valence-corrected chi connectivity index (χ0v) is 15.0. The van der Waals surface area contributed by atoms with Crippen molar-refractivity contribution in [2.75, 3.05) is 11.5 Å². The molecule has 0 saturated heterocycles. The van der Waals surface area contributed by atoms with Crippen LogP contribution in [0.4, 0.5) is 0 Å². The van der Waals surface area contributed by atoms with Crippen LogP contribution in [0.1, 0.15) is 13.8 Å². The van der Waals surface area contributed by atoms with E-state index in [-0.39, 0.29) is 18.6 Å². The minimum atomic E-state index is -1.01. The lowest BCUT2D eigenvalue weighted by atomic mass is 10.2. The number of nitrogens with one attached hydrogen (secondary N) is 1. The van der Waals surface area contributed by atoms with Gasteiger partial charge in [0, 0.05) is 41.0 Å². The van der Waals surface area contributed by atoms with Crippen LogP contribution in [-0.2, 0) is 23.9 Å². The highest BCUT2D eigenvalue weighted by Gasteiger charge is 2.17. The van der Waals surface area contributed by atoms with Crippen LogP contribution in [0, 0.1) is 0 Å². The number of aryl methyl sites for hydroxylation is 1. The quantitative estimate of drug-likeness (QED) is 0.718. The molecule has 0 aliphatic rings. The third-order valence-corrected chi connectivity index (χ3v) is 5.37. The Hall–Kier alpha value is -2.48. The molecular formula is C17H20N4O3S. The van der Waals surface area contributed by atoms with Gasteiger partial charge < -0.3 is 4.98 Å². The van der Waals surface area contributed by atoms with Crippen molar-refractivity contribution in [3.05, 3.63) is 51.2 Å². The molecule has 0 aliphatic carbocycles. The summed E-state index contributed by atoms with van der Waals surface area (Å²) in [5.41, 5.74) is 0.635. The summed E-state index contributed by atoms with van der Waals surface area (Å²) in [7, 11) is -1.01. The summed E-state index contributed by atoms with van der Waals surface area (Å²) in [5, 5.41) is 0. The molecule has 1 aromatic carbocycles. The second kappa shape index (κ2) is 7.18. The van der Waals surface area contributed by atoms with E-state index >= 15 is 0 Å². The van der Waals surface area contributed by atoms with Gasteiger partial charge in [-0.15, -0.1) is 0 Å². The summed E-state index contributed by atoms with van der Waals surface area (Å²) in [6.45, 7) is 4.11. The molecule has 0 saturated carbocycles. The fourth-order valence-electron chi connectivity index (χ4n) is 2.72. The molecule has 3 rings (SSSR count). The highest BCUT2D eigenvalue weighted by atomic mass is 32.2. The van der Waals surface area contributed by atoms with Gasteiger partial charge in [-0.3, -0.25) is 18.1 Å². The van der Waals surface area contributed by atoms with Crippen LogP contribution < -0.4 is 11.2 Å². The Morgan fingerprint density at radius 1 is 1.12 bits per heavy atom. The molecule has 2 aromatic heterocycles. The molecule has 0 radical (unpaired) electrons. The molecule has 0 spiro atoms. The van der Waals surface area contributed by atoms with Crippen molar-refractivity contribution in [3.8, 4) is 11.4 Å². The van der Waals surface area contributed by atoms with Crippen molar-refractivity contribution in [2.45, 2.75) is 26.9 Å². The van der Waals surface area contributed by atoms with Crippen LogP contribution >= 0.6 is 0 Å². The summed E-state index contributed by atoms with van der Waals surface area (Å²) in [6, 6.07) is 9.41. The van der Waals surface area contributed by atoms with Gasteiger partial charge in [0.2, 0.25) is 0 Å². The molecule has 3 aromatic rings. The molecule has 0 aliphatic heterocycles. The van der Waals surface area contributed by atoms with Crippen LogP contribution in [0.15, 0.2) is 39.9 Å². The van der Waals surface area contributed by atoms with E-state index in [1.807, 2.05) is 37.3 Å². The van der Waals surface area contributed by atoms with E-state index in [1.54, 1.807) is 6.92 Å². The number of benzene rings is 1. The van der Waals surface area contributed by atoms with Crippen molar-refractivity contribution in [3.63, 3.8) is 0 Å². The normalized spacial score (nSPS) is 12.6. The first-order chi connectivity index (χ1) is 12.1. The first kappa shape index (κ1) is 17.3. The number of aromatic amines is 1. The van der Waals surface area contributed by atoms with Crippen LogP contribution in [-0.4, -0.2) is 34.8 Å². The maximum absolute atomic E-state index is 12.7. The molecule has 132 valence electrons. The fourth-order valence-corrected chi connectivity index (χ4v) is 3.39. The second-order valence-electron chi connectivity index (χ2n) is 5.57. The molecule has 0 fully saturated rings. The number of H-pyrrole nitrogens is 1. The minimum absolute atomic E-state index is 0.259. The zero-order valence-electron chi connectivity index (χ0n) is 14.2. The summed E-state index contributed by atoms with van der Waals surface area (Å²) >= 11 is 0. The predicted molar refractivity (Wildman–Crippen MR) is 99.3 cm³/mol. The standard InChI is InChI=1S/C17H20N4O3S/c1-3-20-16(22)13-15(21(17(20)23)10-11-25(24)4-2)19-14(18-13)12-8-6-5-7-9-12/h5-9H,3-4,10-11H2,1-2H3,(H,18,19). The third-order valence-electron chi connectivity index (χ3n) is 4.09. The topological polar surface area (TPSA) is 89.8 Å². The highest BCUT2D eigenvalue weighted by Crippen LogP contribution is 2.17. The van der Waals surface area contributed by atoms with Gasteiger partial charge in [0.15, 0.2) is 5.65 Å². The Morgan fingerprint density at radius 2 is 1.84 bits per heavy atom. The maximum atomic E-state index is 12.7. The fraction of sp³-hybridized carbons (Fsp3) is 0.353. The maximum Gasteiger partial charge on any atom is 0.332 e. The third kappa shape index (κ3) is 3.21. The summed E-state index contributed by atoms with van der Waals surface area (Å²) in [5.74, 6) is 1.41. The average molecular weight is 360 g/mol. The first-order valence-electron chi connectivity index (χ1n) is 8.20. The average Bonchev–Trinajstić information content (AvgIpc) is 3.08. The Labute approximate surface area is 146 Å². The Morgan fingerprint density at radius 3 is 2.48 bits per heavy atom. The van der Waals surface area contributed by atoms with Crippen molar-refractivity contribution < 1.29 is 4.21 Å². The number of rotatable bonds is 6. The predicted octanol–water partition coefficient (Wildman–Crippen LogP) is 1.34. The van der Waals surface area contributed by atoms with Gasteiger partial charge in [0.05, 0.1) is 0 Å². The summed E-state index contributed by atoms with van der Waals surface area (Å²) in [6.07, 6.45) is 0. The summed E-state index contributed by atoms with van der Waals surface area (Å²) < 4.78 is 14.4. The molecule has 25 heavy (non-hydrogen) atoms. The number of hydrogen-bond donors (Lipinski definition) is 1. The van der Waals surface area contributed by atoms with E-state index in [2.05, 4.69) is 9.97 Å². The second-order valence-corrected chi connectivity index (χ2v) is 7.43. The van der Waals surface area contributed by atoms with Gasteiger partial charge in [-0.1, -0.05) is 37.3 Å². The van der Waals surface area contributed by atoms with Gasteiger partial charge in [-0.05, 0) is 6.92 Å². The SMILES string of the molecule is CCn1c(=O)c2[nH]c(-c3ccccc3)nc2n(CCS(=O)CC)c1=O. The molecule has 1 N–H and O–H groups in total. The number of aromatic nitrogens is 4. The number of fused-ring (bicyclic) bond motifs is 1. The lowest BCUT2D eigenvalue weighted by Crippen LogP contribution is -2.40. The first-order valence-corrected chi connectivity index (χ1v) is 9.69. The Kier molecular flexibility index (Phi) is 4.98. The molecule has 2 heterocycles. The van der Waals surface area contributed by atoms with E-state index in [0.717, 1.165) is 5.56 Å². The van der Waals surface area contributed by atoms with Crippen LogP contribution in [0.2, 0.25) is 0 Å². The number of hydrogen-bond acceptors (Lipinski definition) is 4. The van der Waals surface area contributed by atoms with E-state index in [1.165, 1.54) is 9.13 Å². The van der Waals surface area contributed by atoms with Gasteiger partial charge >= 0.3 is 5.69 Å². The van der Waals surface area contributed by atoms with E-state index < -0.39 is 16.5 Å². The van der Waals surface area contributed by atoms with Crippen molar-refractivity contribution in [2.24, 2.45) is 0 Å². The monoisotopic (exact) mass is 360 g/mol. The van der Waals surface area contributed by atoms with Gasteiger partial charge in [0.25, 0.3) is 5.56 Å². The molecule has 7 nitrogen and oxygen atoms in total. The van der Waals surface area contributed by atoms with Crippen LogP contribution in [0.25, 0.3) is 22.6 Å². The lowest BCUT2D eigenvalue weighted by molar-refractivity contribution is 0.604. The largest absolute Gasteiger partial charge is 0.332 e. The molecule has 0 bridgehead atoms. The Bertz CT molecular complexity index is 1030. The minimum Gasteiger partial charge on any atom is -0.332 e. The summed E-state index contributed by atoms with van der Waals surface area (Å²) in [4.78, 5) is 32.8. The van der Waals surface area contributed by atoms with E-state index in [4.69, 9.17) is 0 Å². The molecule has 0 amide bonds. The van der Waals surface area contributed by atoms with Gasteiger partial charge in [0.1, 0.15) is 11.3 Å². The van der Waals surface area contributed by atoms with Gasteiger partial charge in [-0.2, -0.15) is 0 Å². The zero-order chi connectivity index (χ0) is 18.0. The molecule has 1 atom stereocenters. The lowest BCUT2D eigenvalue weighted by Gasteiger charge is -2.09. The molecule has 1 unspecified atom stereocenters. The van der Waals surface area contributed by atoms with E-state index in [0.29, 0.717) is 28.5 Å². The van der Waals surface area contributed by atoms with Gasteiger partial charge in [-0.25, -0.2) is 9.78 Å². The molecule has 8 heteroatoms. The van der Waals surface area contributed by atoms with Crippen molar-refractivity contribution >= 4 is 22.0 Å². The highest BCUT2D eigenvalue weighted by molar-refractivity contribution is 7.84.